The van der Waals surface area contributed by atoms with Gasteiger partial charge in [0.25, 0.3) is 0 Å². The Bertz CT molecular complexity index is 628. The van der Waals surface area contributed by atoms with Crippen molar-refractivity contribution in [3.63, 3.8) is 0 Å². The van der Waals surface area contributed by atoms with Crippen molar-refractivity contribution in [3.05, 3.63) is 69.0 Å². The van der Waals surface area contributed by atoms with E-state index >= 15 is 0 Å². The maximum atomic E-state index is 14.4. The van der Waals surface area contributed by atoms with Crippen molar-refractivity contribution in [2.45, 2.75) is 26.3 Å². The van der Waals surface area contributed by atoms with Crippen LogP contribution in [0, 0.1) is 12.7 Å². The fourth-order valence-corrected chi connectivity index (χ4v) is 2.80. The highest BCUT2D eigenvalue weighted by molar-refractivity contribution is 6.42. The van der Waals surface area contributed by atoms with Gasteiger partial charge in [0, 0.05) is 11.6 Å². The summed E-state index contributed by atoms with van der Waals surface area (Å²) in [6, 6.07) is 10.9. The van der Waals surface area contributed by atoms with Gasteiger partial charge in [-0.15, -0.1) is 0 Å². The van der Waals surface area contributed by atoms with E-state index in [1.165, 1.54) is 0 Å². The van der Waals surface area contributed by atoms with Crippen molar-refractivity contribution in [3.8, 4) is 0 Å². The number of aryl methyl sites for hydroxylation is 1. The van der Waals surface area contributed by atoms with Crippen molar-refractivity contribution in [1.82, 2.24) is 5.32 Å². The van der Waals surface area contributed by atoms with Crippen LogP contribution in [0.3, 0.4) is 0 Å². The normalized spacial score (nSPS) is 12.4. The topological polar surface area (TPSA) is 12.0 Å². The summed E-state index contributed by atoms with van der Waals surface area (Å²) in [6.45, 7) is 4.52. The minimum absolute atomic E-state index is 0.133. The number of benzene rings is 2. The van der Waals surface area contributed by atoms with Gasteiger partial charge in [-0.3, -0.25) is 0 Å². The molecule has 0 aromatic heterocycles. The lowest BCUT2D eigenvalue weighted by Crippen LogP contribution is -2.24. The van der Waals surface area contributed by atoms with Crippen LogP contribution in [0.1, 0.15) is 29.7 Å². The Labute approximate surface area is 135 Å². The van der Waals surface area contributed by atoms with Crippen LogP contribution < -0.4 is 5.32 Å². The molecule has 1 N–H and O–H groups in total. The van der Waals surface area contributed by atoms with Crippen LogP contribution in [0.15, 0.2) is 36.4 Å². The number of hydrogen-bond donors (Lipinski definition) is 1. The predicted molar refractivity (Wildman–Crippen MR) is 87.7 cm³/mol. The summed E-state index contributed by atoms with van der Waals surface area (Å²) in [6.07, 6.45) is 0.591. The Morgan fingerprint density at radius 1 is 1.14 bits per heavy atom. The second kappa shape index (κ2) is 7.26. The van der Waals surface area contributed by atoms with Gasteiger partial charge in [-0.1, -0.05) is 60.5 Å². The van der Waals surface area contributed by atoms with Crippen LogP contribution in [0.2, 0.25) is 10.0 Å². The first-order valence-corrected chi connectivity index (χ1v) is 7.71. The van der Waals surface area contributed by atoms with E-state index < -0.39 is 0 Å². The first-order chi connectivity index (χ1) is 10.0. The van der Waals surface area contributed by atoms with E-state index in [2.05, 4.69) is 5.32 Å². The zero-order valence-electron chi connectivity index (χ0n) is 12.1. The van der Waals surface area contributed by atoms with Crippen LogP contribution in [-0.4, -0.2) is 6.54 Å². The lowest BCUT2D eigenvalue weighted by atomic mass is 9.96. The van der Waals surface area contributed by atoms with Gasteiger partial charge < -0.3 is 5.32 Å². The van der Waals surface area contributed by atoms with Gasteiger partial charge in [-0.05, 0) is 37.1 Å². The highest BCUT2D eigenvalue weighted by Gasteiger charge is 2.18. The number of likely N-dealkylation sites (N-methyl/N-ethyl adjacent to an activating group) is 1. The molecule has 0 heterocycles. The third-order valence-electron chi connectivity index (χ3n) is 3.50. The van der Waals surface area contributed by atoms with Crippen LogP contribution in [0.25, 0.3) is 0 Å². The van der Waals surface area contributed by atoms with Gasteiger partial charge in [0.05, 0.1) is 10.0 Å². The third kappa shape index (κ3) is 3.76. The predicted octanol–water partition coefficient (Wildman–Crippen LogP) is 5.33. The Kier molecular flexibility index (Phi) is 5.63. The summed E-state index contributed by atoms with van der Waals surface area (Å²) in [5.41, 5.74) is 2.22. The second-order valence-corrected chi connectivity index (χ2v) is 5.79. The second-order valence-electron chi connectivity index (χ2n) is 5.01. The molecule has 1 unspecified atom stereocenters. The molecule has 1 atom stereocenters. The Morgan fingerprint density at radius 2 is 1.86 bits per heavy atom. The summed E-state index contributed by atoms with van der Waals surface area (Å²) < 4.78 is 14.4. The summed E-state index contributed by atoms with van der Waals surface area (Å²) in [4.78, 5) is 0. The van der Waals surface area contributed by atoms with Crippen LogP contribution in [-0.2, 0) is 6.42 Å². The molecule has 1 nitrogen and oxygen atoms in total. The van der Waals surface area contributed by atoms with Gasteiger partial charge in [-0.2, -0.15) is 0 Å². The Morgan fingerprint density at radius 3 is 2.57 bits per heavy atom. The largest absolute Gasteiger partial charge is 0.310 e. The quantitative estimate of drug-likeness (QED) is 0.782. The van der Waals surface area contributed by atoms with E-state index in [0.29, 0.717) is 27.6 Å². The molecule has 2 rings (SSSR count). The minimum atomic E-state index is -0.165. The molecule has 0 aliphatic rings. The zero-order chi connectivity index (χ0) is 15.4. The highest BCUT2D eigenvalue weighted by Crippen LogP contribution is 2.30. The number of halogens is 3. The summed E-state index contributed by atoms with van der Waals surface area (Å²) in [7, 11) is 0. The van der Waals surface area contributed by atoms with E-state index in [-0.39, 0.29) is 11.9 Å². The van der Waals surface area contributed by atoms with Crippen LogP contribution in [0.5, 0.6) is 0 Å². The van der Waals surface area contributed by atoms with E-state index in [9.17, 15) is 4.39 Å². The SMILES string of the molecule is CCNC(Cc1cccc(Cl)c1Cl)c1cccc(C)c1F. The van der Waals surface area contributed by atoms with E-state index in [0.717, 1.165) is 12.1 Å². The number of rotatable bonds is 5. The average molecular weight is 326 g/mol. The molecule has 0 aliphatic carbocycles. The van der Waals surface area contributed by atoms with Gasteiger partial charge in [0.2, 0.25) is 0 Å². The standard InChI is InChI=1S/C17H18Cl2FN/c1-3-21-15(13-8-4-6-11(2)17(13)20)10-12-7-5-9-14(18)16(12)19/h4-9,15,21H,3,10H2,1-2H3. The van der Waals surface area contributed by atoms with Crippen molar-refractivity contribution in [2.24, 2.45) is 0 Å². The van der Waals surface area contributed by atoms with Gasteiger partial charge in [0.15, 0.2) is 0 Å². The molecule has 2 aromatic rings. The molecular weight excluding hydrogens is 308 g/mol. The van der Waals surface area contributed by atoms with Gasteiger partial charge >= 0.3 is 0 Å². The average Bonchev–Trinajstić information content (AvgIpc) is 2.46. The Balaban J connectivity index is 2.35. The van der Waals surface area contributed by atoms with Crippen molar-refractivity contribution in [1.29, 1.82) is 0 Å². The fourth-order valence-electron chi connectivity index (χ4n) is 2.40. The lowest BCUT2D eigenvalue weighted by molar-refractivity contribution is 0.507. The molecule has 4 heteroatoms. The maximum Gasteiger partial charge on any atom is 0.130 e. The molecule has 2 aromatic carbocycles. The zero-order valence-corrected chi connectivity index (χ0v) is 13.6. The molecule has 0 fully saturated rings. The fraction of sp³-hybridized carbons (Fsp3) is 0.294. The molecular formula is C17H18Cl2FN. The summed E-state index contributed by atoms with van der Waals surface area (Å²) in [5.74, 6) is -0.165. The van der Waals surface area contributed by atoms with Crippen molar-refractivity contribution < 1.29 is 4.39 Å². The highest BCUT2D eigenvalue weighted by atomic mass is 35.5. The summed E-state index contributed by atoms with van der Waals surface area (Å²) in [5, 5.41) is 4.38. The van der Waals surface area contributed by atoms with E-state index in [1.807, 2.05) is 31.2 Å². The number of nitrogens with one attached hydrogen (secondary N) is 1. The molecule has 0 saturated carbocycles. The van der Waals surface area contributed by atoms with Crippen molar-refractivity contribution in [2.75, 3.05) is 6.54 Å². The first kappa shape index (κ1) is 16.3. The molecule has 21 heavy (non-hydrogen) atoms. The smallest absolute Gasteiger partial charge is 0.130 e. The summed E-state index contributed by atoms with van der Waals surface area (Å²) >= 11 is 12.3. The molecule has 0 bridgehead atoms. The minimum Gasteiger partial charge on any atom is -0.310 e. The molecule has 0 spiro atoms. The van der Waals surface area contributed by atoms with Crippen molar-refractivity contribution >= 4 is 23.2 Å². The van der Waals surface area contributed by atoms with Gasteiger partial charge in [-0.25, -0.2) is 4.39 Å². The molecule has 0 radical (unpaired) electrons. The number of hydrogen-bond acceptors (Lipinski definition) is 1. The lowest BCUT2D eigenvalue weighted by Gasteiger charge is -2.20. The Hall–Kier alpha value is -1.09. The van der Waals surface area contributed by atoms with Crippen LogP contribution >= 0.6 is 23.2 Å². The first-order valence-electron chi connectivity index (χ1n) is 6.95. The molecule has 0 saturated heterocycles. The van der Waals surface area contributed by atoms with Gasteiger partial charge in [0.1, 0.15) is 5.82 Å². The third-order valence-corrected chi connectivity index (χ3v) is 4.36. The van der Waals surface area contributed by atoms with Crippen LogP contribution in [0.4, 0.5) is 4.39 Å². The molecule has 0 aliphatic heterocycles. The van der Waals surface area contributed by atoms with E-state index in [1.54, 1.807) is 19.1 Å². The van der Waals surface area contributed by atoms with E-state index in [4.69, 9.17) is 23.2 Å². The molecule has 0 amide bonds. The molecule has 112 valence electrons. The maximum absolute atomic E-state index is 14.4. The monoisotopic (exact) mass is 325 g/mol.